The van der Waals surface area contributed by atoms with Gasteiger partial charge in [0.25, 0.3) is 5.91 Å². The van der Waals surface area contributed by atoms with Gasteiger partial charge >= 0.3 is 5.97 Å². The fraction of sp³-hybridized carbons (Fsp3) is 0.357. The molecule has 20 heavy (non-hydrogen) atoms. The Morgan fingerprint density at radius 3 is 2.70 bits per heavy atom. The van der Waals surface area contributed by atoms with Crippen LogP contribution in [0.15, 0.2) is 12.1 Å². The number of carbonyl (C=O) groups is 3. The molecule has 0 fully saturated rings. The quantitative estimate of drug-likeness (QED) is 0.467. The Morgan fingerprint density at radius 2 is 2.10 bits per heavy atom. The van der Waals surface area contributed by atoms with E-state index >= 15 is 0 Å². The SMILES string of the molecule is C#CCNC(=O)COC(=O)CCC(=O)c1ccc(C)s1. The minimum Gasteiger partial charge on any atom is -0.456 e. The number of ketones is 1. The first-order valence-electron chi connectivity index (χ1n) is 5.98. The van der Waals surface area contributed by atoms with Crippen LogP contribution in [0.1, 0.15) is 27.4 Å². The fourth-order valence-electron chi connectivity index (χ4n) is 1.34. The van der Waals surface area contributed by atoms with Crippen LogP contribution in [0.4, 0.5) is 0 Å². The lowest BCUT2D eigenvalue weighted by molar-refractivity contribution is -0.148. The molecule has 0 aliphatic rings. The highest BCUT2D eigenvalue weighted by atomic mass is 32.1. The van der Waals surface area contributed by atoms with Crippen LogP contribution in [-0.2, 0) is 14.3 Å². The van der Waals surface area contributed by atoms with E-state index in [1.165, 1.54) is 11.3 Å². The molecule has 0 radical (unpaired) electrons. The molecule has 0 unspecified atom stereocenters. The van der Waals surface area contributed by atoms with E-state index in [1.54, 1.807) is 6.07 Å². The second kappa shape index (κ2) is 8.12. The molecule has 0 saturated heterocycles. The Labute approximate surface area is 121 Å². The van der Waals surface area contributed by atoms with Crippen molar-refractivity contribution in [1.29, 1.82) is 0 Å². The molecule has 0 aliphatic carbocycles. The number of esters is 1. The average molecular weight is 293 g/mol. The summed E-state index contributed by atoms with van der Waals surface area (Å²) in [5, 5.41) is 2.36. The summed E-state index contributed by atoms with van der Waals surface area (Å²) in [7, 11) is 0. The average Bonchev–Trinajstić information content (AvgIpc) is 2.86. The third-order valence-electron chi connectivity index (χ3n) is 2.32. The van der Waals surface area contributed by atoms with Gasteiger partial charge in [-0.15, -0.1) is 17.8 Å². The fourth-order valence-corrected chi connectivity index (χ4v) is 2.18. The minimum absolute atomic E-state index is 0.0435. The highest BCUT2D eigenvalue weighted by molar-refractivity contribution is 7.14. The van der Waals surface area contributed by atoms with Gasteiger partial charge in [-0.3, -0.25) is 14.4 Å². The van der Waals surface area contributed by atoms with Crippen LogP contribution in [0.2, 0.25) is 0 Å². The van der Waals surface area contributed by atoms with Gasteiger partial charge in [-0.05, 0) is 19.1 Å². The largest absolute Gasteiger partial charge is 0.456 e. The smallest absolute Gasteiger partial charge is 0.306 e. The van der Waals surface area contributed by atoms with Crippen LogP contribution < -0.4 is 5.32 Å². The van der Waals surface area contributed by atoms with Crippen LogP contribution >= 0.6 is 11.3 Å². The number of aryl methyl sites for hydroxylation is 1. The molecule has 1 aromatic heterocycles. The zero-order valence-corrected chi connectivity index (χ0v) is 11.9. The maximum absolute atomic E-state index is 11.7. The van der Waals surface area contributed by atoms with Gasteiger partial charge in [0.2, 0.25) is 0 Å². The third-order valence-corrected chi connectivity index (χ3v) is 3.36. The zero-order chi connectivity index (χ0) is 15.0. The van der Waals surface area contributed by atoms with Crippen molar-refractivity contribution >= 4 is 29.0 Å². The predicted octanol–water partition coefficient (Wildman–Crippen LogP) is 1.31. The molecule has 0 saturated carbocycles. The molecule has 0 bridgehead atoms. The summed E-state index contributed by atoms with van der Waals surface area (Å²) in [5.41, 5.74) is 0. The second-order valence-corrected chi connectivity index (χ2v) is 5.26. The van der Waals surface area contributed by atoms with Gasteiger partial charge in [0.05, 0.1) is 17.8 Å². The van der Waals surface area contributed by atoms with Crippen molar-refractivity contribution in [1.82, 2.24) is 5.32 Å². The van der Waals surface area contributed by atoms with Crippen molar-refractivity contribution in [2.45, 2.75) is 19.8 Å². The number of amides is 1. The number of Topliss-reactive ketones (excluding diaryl/α,β-unsaturated/α-hetero) is 1. The Hall–Kier alpha value is -2.13. The number of thiophene rings is 1. The van der Waals surface area contributed by atoms with E-state index in [0.29, 0.717) is 4.88 Å². The molecule has 0 aliphatic heterocycles. The molecule has 0 spiro atoms. The van der Waals surface area contributed by atoms with Gasteiger partial charge in [0.15, 0.2) is 12.4 Å². The molecular weight excluding hydrogens is 278 g/mol. The summed E-state index contributed by atoms with van der Waals surface area (Å²) < 4.78 is 4.72. The maximum Gasteiger partial charge on any atom is 0.306 e. The molecule has 1 heterocycles. The van der Waals surface area contributed by atoms with Gasteiger partial charge in [-0.1, -0.05) is 5.92 Å². The number of nitrogens with one attached hydrogen (secondary N) is 1. The minimum atomic E-state index is -0.581. The van der Waals surface area contributed by atoms with Crippen LogP contribution in [0.25, 0.3) is 0 Å². The van der Waals surface area contributed by atoms with Gasteiger partial charge in [-0.2, -0.15) is 0 Å². The molecule has 1 amide bonds. The maximum atomic E-state index is 11.7. The summed E-state index contributed by atoms with van der Waals surface area (Å²) in [4.78, 5) is 35.9. The van der Waals surface area contributed by atoms with E-state index in [1.807, 2.05) is 13.0 Å². The summed E-state index contributed by atoms with van der Waals surface area (Å²) >= 11 is 1.39. The van der Waals surface area contributed by atoms with Crippen LogP contribution in [-0.4, -0.2) is 30.8 Å². The van der Waals surface area contributed by atoms with Gasteiger partial charge in [0, 0.05) is 11.3 Å². The van der Waals surface area contributed by atoms with Gasteiger partial charge < -0.3 is 10.1 Å². The van der Waals surface area contributed by atoms with E-state index in [0.717, 1.165) is 4.88 Å². The van der Waals surface area contributed by atoms with Gasteiger partial charge in [-0.25, -0.2) is 0 Å². The monoisotopic (exact) mass is 293 g/mol. The van der Waals surface area contributed by atoms with Crippen molar-refractivity contribution in [2.75, 3.05) is 13.2 Å². The summed E-state index contributed by atoms with van der Waals surface area (Å²) in [6, 6.07) is 3.59. The van der Waals surface area contributed by atoms with Crippen LogP contribution in [0, 0.1) is 19.3 Å². The number of hydrogen-bond donors (Lipinski definition) is 1. The third kappa shape index (κ3) is 5.67. The Morgan fingerprint density at radius 1 is 1.35 bits per heavy atom. The zero-order valence-electron chi connectivity index (χ0n) is 11.1. The van der Waals surface area contributed by atoms with Crippen LogP contribution in [0.3, 0.4) is 0 Å². The standard InChI is InChI=1S/C14H15NO4S/c1-3-8-15-13(17)9-19-14(18)7-5-11(16)12-6-4-10(2)20-12/h1,4,6H,5,7-9H2,2H3,(H,15,17). The number of ether oxygens (including phenoxy) is 1. The first kappa shape index (κ1) is 15.9. The molecule has 1 N–H and O–H groups in total. The molecule has 1 rings (SSSR count). The first-order valence-corrected chi connectivity index (χ1v) is 6.80. The van der Waals surface area contributed by atoms with Crippen molar-refractivity contribution in [3.63, 3.8) is 0 Å². The normalized spacial score (nSPS) is 9.60. The first-order chi connectivity index (χ1) is 9.52. The van der Waals surface area contributed by atoms with Crippen molar-refractivity contribution in [3.8, 4) is 12.3 Å². The number of rotatable bonds is 7. The Balaban J connectivity index is 2.25. The van der Waals surface area contributed by atoms with E-state index in [9.17, 15) is 14.4 Å². The number of terminal acetylenes is 1. The Kier molecular flexibility index (Phi) is 6.47. The summed E-state index contributed by atoms with van der Waals surface area (Å²) in [6.45, 7) is 1.62. The molecule has 0 aromatic carbocycles. The molecule has 5 nitrogen and oxygen atoms in total. The lowest BCUT2D eigenvalue weighted by atomic mass is 10.2. The predicted molar refractivity (Wildman–Crippen MR) is 75.4 cm³/mol. The summed E-state index contributed by atoms with van der Waals surface area (Å²) in [6.07, 6.45) is 4.99. The topological polar surface area (TPSA) is 72.5 Å². The van der Waals surface area contributed by atoms with E-state index in [2.05, 4.69) is 11.2 Å². The molecule has 0 atom stereocenters. The van der Waals surface area contributed by atoms with E-state index in [4.69, 9.17) is 11.2 Å². The molecular formula is C14H15NO4S. The van der Waals surface area contributed by atoms with Crippen molar-refractivity contribution < 1.29 is 19.1 Å². The lowest BCUT2D eigenvalue weighted by Crippen LogP contribution is -2.29. The Bertz CT molecular complexity index is 542. The highest BCUT2D eigenvalue weighted by Gasteiger charge is 2.12. The van der Waals surface area contributed by atoms with E-state index < -0.39 is 11.9 Å². The second-order valence-electron chi connectivity index (χ2n) is 3.98. The van der Waals surface area contributed by atoms with Crippen molar-refractivity contribution in [3.05, 3.63) is 21.9 Å². The van der Waals surface area contributed by atoms with E-state index in [-0.39, 0.29) is 31.8 Å². The number of hydrogen-bond acceptors (Lipinski definition) is 5. The van der Waals surface area contributed by atoms with Crippen molar-refractivity contribution in [2.24, 2.45) is 0 Å². The molecule has 106 valence electrons. The highest BCUT2D eigenvalue weighted by Crippen LogP contribution is 2.17. The lowest BCUT2D eigenvalue weighted by Gasteiger charge is -2.04. The molecule has 6 heteroatoms. The van der Waals surface area contributed by atoms with Crippen LogP contribution in [0.5, 0.6) is 0 Å². The molecule has 1 aromatic rings. The summed E-state index contributed by atoms with van der Waals surface area (Å²) in [5.74, 6) is 1.09. The van der Waals surface area contributed by atoms with Gasteiger partial charge in [0.1, 0.15) is 0 Å². The number of carbonyl (C=O) groups excluding carboxylic acids is 3.